The summed E-state index contributed by atoms with van der Waals surface area (Å²) in [5, 5.41) is 0. The van der Waals surface area contributed by atoms with Crippen LogP contribution in [0.1, 0.15) is 18.9 Å². The normalized spacial score (nSPS) is 9.95. The van der Waals surface area contributed by atoms with Crippen LogP contribution in [0.3, 0.4) is 0 Å². The van der Waals surface area contributed by atoms with Crippen LogP contribution in [0.5, 0.6) is 5.75 Å². The molecule has 0 unspecified atom stereocenters. The van der Waals surface area contributed by atoms with Crippen LogP contribution in [0.4, 0.5) is 0 Å². The van der Waals surface area contributed by atoms with Gasteiger partial charge in [0.25, 0.3) is 5.91 Å². The second kappa shape index (κ2) is 8.19. The van der Waals surface area contributed by atoms with Gasteiger partial charge in [0.1, 0.15) is 5.75 Å². The Bertz CT molecular complexity index is 459. The van der Waals surface area contributed by atoms with E-state index in [1.54, 1.807) is 14.0 Å². The van der Waals surface area contributed by atoms with Gasteiger partial charge in [0.15, 0.2) is 6.61 Å². The lowest BCUT2D eigenvalue weighted by atomic mass is 10.2. The Hall–Kier alpha value is -2.04. The van der Waals surface area contributed by atoms with Gasteiger partial charge in [0.05, 0.1) is 13.0 Å². The fourth-order valence-electron chi connectivity index (χ4n) is 1.58. The molecule has 0 radical (unpaired) electrons. The van der Waals surface area contributed by atoms with Crippen molar-refractivity contribution in [3.63, 3.8) is 0 Å². The molecule has 0 spiro atoms. The van der Waals surface area contributed by atoms with E-state index in [1.807, 2.05) is 31.2 Å². The fraction of sp³-hybridized carbons (Fsp3) is 0.467. The first-order valence-corrected chi connectivity index (χ1v) is 6.62. The number of benzene rings is 1. The summed E-state index contributed by atoms with van der Waals surface area (Å²) in [7, 11) is 1.64. The molecule has 5 heteroatoms. The van der Waals surface area contributed by atoms with Crippen LogP contribution in [0.25, 0.3) is 0 Å². The van der Waals surface area contributed by atoms with Crippen molar-refractivity contribution in [2.24, 2.45) is 0 Å². The number of carbonyl (C=O) groups is 2. The lowest BCUT2D eigenvalue weighted by molar-refractivity contribution is -0.144. The summed E-state index contributed by atoms with van der Waals surface area (Å²) in [6.45, 7) is 4.32. The average molecular weight is 279 g/mol. The first-order valence-electron chi connectivity index (χ1n) is 6.62. The summed E-state index contributed by atoms with van der Waals surface area (Å²) in [4.78, 5) is 24.5. The highest BCUT2D eigenvalue weighted by molar-refractivity contribution is 5.78. The number of nitrogens with zero attached hydrogens (tertiary/aromatic N) is 1. The number of amides is 1. The standard InChI is InChI=1S/C15H21NO4/c1-4-19-15(18)9-10-16(3)14(17)11-20-13-8-6-5-7-12(13)2/h5-8H,4,9-11H2,1-3H3. The molecular formula is C15H21NO4. The second-order valence-electron chi connectivity index (χ2n) is 4.42. The van der Waals surface area contributed by atoms with Gasteiger partial charge in [-0.05, 0) is 25.5 Å². The minimum absolute atomic E-state index is 0.0375. The summed E-state index contributed by atoms with van der Waals surface area (Å²) in [6.07, 6.45) is 0.195. The number of aryl methyl sites for hydroxylation is 1. The molecular weight excluding hydrogens is 258 g/mol. The summed E-state index contributed by atoms with van der Waals surface area (Å²) in [5.41, 5.74) is 0.981. The zero-order chi connectivity index (χ0) is 15.0. The maximum absolute atomic E-state index is 11.8. The second-order valence-corrected chi connectivity index (χ2v) is 4.42. The average Bonchev–Trinajstić information content (AvgIpc) is 2.44. The van der Waals surface area contributed by atoms with E-state index in [-0.39, 0.29) is 24.9 Å². The fourth-order valence-corrected chi connectivity index (χ4v) is 1.58. The van der Waals surface area contributed by atoms with Crippen LogP contribution in [-0.4, -0.2) is 43.6 Å². The lowest BCUT2D eigenvalue weighted by Crippen LogP contribution is -2.33. The minimum atomic E-state index is -0.299. The van der Waals surface area contributed by atoms with Crippen molar-refractivity contribution in [1.29, 1.82) is 0 Å². The zero-order valence-corrected chi connectivity index (χ0v) is 12.2. The molecule has 0 heterocycles. The molecule has 0 bridgehead atoms. The summed E-state index contributed by atoms with van der Waals surface area (Å²) in [6, 6.07) is 7.51. The minimum Gasteiger partial charge on any atom is -0.484 e. The molecule has 20 heavy (non-hydrogen) atoms. The highest BCUT2D eigenvalue weighted by atomic mass is 16.5. The van der Waals surface area contributed by atoms with Gasteiger partial charge in [-0.3, -0.25) is 9.59 Å². The van der Waals surface area contributed by atoms with Crippen LogP contribution >= 0.6 is 0 Å². The van der Waals surface area contributed by atoms with Gasteiger partial charge in [-0.2, -0.15) is 0 Å². The quantitative estimate of drug-likeness (QED) is 0.714. The molecule has 0 atom stereocenters. The Kier molecular flexibility index (Phi) is 6.56. The van der Waals surface area contributed by atoms with Gasteiger partial charge < -0.3 is 14.4 Å². The first-order chi connectivity index (χ1) is 9.54. The van der Waals surface area contributed by atoms with E-state index >= 15 is 0 Å². The van der Waals surface area contributed by atoms with E-state index < -0.39 is 0 Å². The van der Waals surface area contributed by atoms with Crippen molar-refractivity contribution < 1.29 is 19.1 Å². The number of esters is 1. The zero-order valence-electron chi connectivity index (χ0n) is 12.2. The van der Waals surface area contributed by atoms with E-state index in [1.165, 1.54) is 4.90 Å². The summed E-state index contributed by atoms with van der Waals surface area (Å²) in [5.74, 6) is 0.226. The molecule has 1 aromatic rings. The number of para-hydroxylation sites is 1. The Morgan fingerprint density at radius 3 is 2.60 bits per heavy atom. The van der Waals surface area contributed by atoms with Crippen molar-refractivity contribution in [2.45, 2.75) is 20.3 Å². The van der Waals surface area contributed by atoms with Crippen molar-refractivity contribution in [1.82, 2.24) is 4.90 Å². The van der Waals surface area contributed by atoms with Crippen LogP contribution in [-0.2, 0) is 14.3 Å². The van der Waals surface area contributed by atoms with Gasteiger partial charge in [-0.1, -0.05) is 18.2 Å². The predicted octanol–water partition coefficient (Wildman–Crippen LogP) is 1.79. The molecule has 0 saturated heterocycles. The van der Waals surface area contributed by atoms with Gasteiger partial charge in [-0.25, -0.2) is 0 Å². The van der Waals surface area contributed by atoms with E-state index in [4.69, 9.17) is 9.47 Å². The largest absolute Gasteiger partial charge is 0.484 e. The van der Waals surface area contributed by atoms with Crippen molar-refractivity contribution in [3.8, 4) is 5.75 Å². The van der Waals surface area contributed by atoms with Crippen molar-refractivity contribution >= 4 is 11.9 Å². The first kappa shape index (κ1) is 16.0. The highest BCUT2D eigenvalue weighted by Crippen LogP contribution is 2.15. The molecule has 1 amide bonds. The Morgan fingerprint density at radius 1 is 1.25 bits per heavy atom. The number of ether oxygens (including phenoxy) is 2. The van der Waals surface area contributed by atoms with Crippen LogP contribution in [0, 0.1) is 6.92 Å². The number of hydrogen-bond acceptors (Lipinski definition) is 4. The molecule has 1 rings (SSSR count). The molecule has 0 aliphatic heterocycles. The third-order valence-electron chi connectivity index (χ3n) is 2.83. The van der Waals surface area contributed by atoms with Crippen molar-refractivity contribution in [2.75, 3.05) is 26.8 Å². The lowest BCUT2D eigenvalue weighted by Gasteiger charge is -2.17. The molecule has 0 saturated carbocycles. The predicted molar refractivity (Wildman–Crippen MR) is 75.6 cm³/mol. The molecule has 0 aromatic heterocycles. The third-order valence-corrected chi connectivity index (χ3v) is 2.83. The van der Waals surface area contributed by atoms with E-state index in [0.717, 1.165) is 5.56 Å². The molecule has 110 valence electrons. The van der Waals surface area contributed by atoms with E-state index in [2.05, 4.69) is 0 Å². The van der Waals surface area contributed by atoms with E-state index in [9.17, 15) is 9.59 Å². The van der Waals surface area contributed by atoms with Gasteiger partial charge in [-0.15, -0.1) is 0 Å². The molecule has 5 nitrogen and oxygen atoms in total. The summed E-state index contributed by atoms with van der Waals surface area (Å²) >= 11 is 0. The maximum atomic E-state index is 11.8. The topological polar surface area (TPSA) is 55.8 Å². The monoisotopic (exact) mass is 279 g/mol. The molecule has 1 aromatic carbocycles. The molecule has 0 aliphatic rings. The van der Waals surface area contributed by atoms with Crippen LogP contribution in [0.15, 0.2) is 24.3 Å². The molecule has 0 N–H and O–H groups in total. The summed E-state index contributed by atoms with van der Waals surface area (Å²) < 4.78 is 10.3. The Balaban J connectivity index is 2.35. The van der Waals surface area contributed by atoms with Crippen molar-refractivity contribution in [3.05, 3.63) is 29.8 Å². The van der Waals surface area contributed by atoms with Gasteiger partial charge >= 0.3 is 5.97 Å². The number of hydrogen-bond donors (Lipinski definition) is 0. The SMILES string of the molecule is CCOC(=O)CCN(C)C(=O)COc1ccccc1C. The Labute approximate surface area is 119 Å². The highest BCUT2D eigenvalue weighted by Gasteiger charge is 2.12. The van der Waals surface area contributed by atoms with Crippen LogP contribution < -0.4 is 4.74 Å². The van der Waals surface area contributed by atoms with Crippen LogP contribution in [0.2, 0.25) is 0 Å². The maximum Gasteiger partial charge on any atom is 0.307 e. The number of likely N-dealkylation sites (N-methyl/N-ethyl adjacent to an activating group) is 1. The smallest absolute Gasteiger partial charge is 0.307 e. The third kappa shape index (κ3) is 5.30. The van der Waals surface area contributed by atoms with E-state index in [0.29, 0.717) is 18.9 Å². The number of carbonyl (C=O) groups excluding carboxylic acids is 2. The number of rotatable bonds is 7. The molecule has 0 aliphatic carbocycles. The van der Waals surface area contributed by atoms with Gasteiger partial charge in [0.2, 0.25) is 0 Å². The van der Waals surface area contributed by atoms with Gasteiger partial charge in [0, 0.05) is 13.6 Å². The molecule has 0 fully saturated rings. The Morgan fingerprint density at radius 2 is 1.95 bits per heavy atom.